The van der Waals surface area contributed by atoms with Gasteiger partial charge < -0.3 is 4.90 Å². The highest BCUT2D eigenvalue weighted by molar-refractivity contribution is 4.76. The second kappa shape index (κ2) is 4.65. The molecular formula is C13H27N. The predicted octanol–water partition coefficient (Wildman–Crippen LogP) is 3.40. The summed E-state index contributed by atoms with van der Waals surface area (Å²) in [7, 11) is 0. The Balaban J connectivity index is 2.30. The maximum atomic E-state index is 2.66. The molecule has 0 aromatic heterocycles. The van der Waals surface area contributed by atoms with E-state index in [0.29, 0.717) is 5.41 Å². The molecule has 84 valence electrons. The highest BCUT2D eigenvalue weighted by Gasteiger charge is 2.22. The molecule has 0 amide bonds. The zero-order valence-corrected chi connectivity index (χ0v) is 10.6. The van der Waals surface area contributed by atoms with Crippen molar-refractivity contribution in [2.75, 3.05) is 19.6 Å². The lowest BCUT2D eigenvalue weighted by Crippen LogP contribution is -2.40. The van der Waals surface area contributed by atoms with Crippen molar-refractivity contribution < 1.29 is 0 Å². The number of rotatable bonds is 2. The Labute approximate surface area is 89.9 Å². The molecule has 1 fully saturated rings. The molecule has 2 atom stereocenters. The fraction of sp³-hybridized carbons (Fsp3) is 1.00. The minimum Gasteiger partial charge on any atom is -0.303 e. The third kappa shape index (κ3) is 4.45. The number of hydrogen-bond acceptors (Lipinski definition) is 1. The first-order valence-corrected chi connectivity index (χ1v) is 6.09. The average Bonchev–Trinajstić information content (AvgIpc) is 1.97. The summed E-state index contributed by atoms with van der Waals surface area (Å²) in [5.74, 6) is 1.80. The largest absolute Gasteiger partial charge is 0.303 e. The van der Waals surface area contributed by atoms with Crippen molar-refractivity contribution in [3.8, 4) is 0 Å². The summed E-state index contributed by atoms with van der Waals surface area (Å²) in [5.41, 5.74) is 0.490. The summed E-state index contributed by atoms with van der Waals surface area (Å²) in [6, 6.07) is 0. The van der Waals surface area contributed by atoms with Gasteiger partial charge in [-0.1, -0.05) is 34.6 Å². The Morgan fingerprint density at radius 3 is 2.00 bits per heavy atom. The molecular weight excluding hydrogens is 170 g/mol. The lowest BCUT2D eigenvalue weighted by atomic mass is 9.89. The van der Waals surface area contributed by atoms with Crippen molar-refractivity contribution >= 4 is 0 Å². The van der Waals surface area contributed by atoms with Crippen molar-refractivity contribution in [1.29, 1.82) is 0 Å². The number of hydrogen-bond donors (Lipinski definition) is 0. The van der Waals surface area contributed by atoms with Crippen molar-refractivity contribution in [1.82, 2.24) is 4.90 Å². The number of piperidine rings is 1. The molecule has 1 rings (SSSR count). The van der Waals surface area contributed by atoms with E-state index in [0.717, 1.165) is 11.8 Å². The van der Waals surface area contributed by atoms with Crippen LogP contribution in [0.2, 0.25) is 0 Å². The maximum absolute atomic E-state index is 2.66. The number of likely N-dealkylation sites (tertiary alicyclic amines) is 1. The lowest BCUT2D eigenvalue weighted by molar-refractivity contribution is 0.126. The van der Waals surface area contributed by atoms with Crippen LogP contribution < -0.4 is 0 Å². The zero-order valence-electron chi connectivity index (χ0n) is 10.6. The average molecular weight is 197 g/mol. The molecule has 1 nitrogen and oxygen atoms in total. The van der Waals surface area contributed by atoms with Crippen LogP contribution in [0.4, 0.5) is 0 Å². The van der Waals surface area contributed by atoms with Crippen LogP contribution in [0.1, 0.15) is 47.5 Å². The van der Waals surface area contributed by atoms with Gasteiger partial charge in [-0.2, -0.15) is 0 Å². The highest BCUT2D eigenvalue weighted by atomic mass is 15.1. The number of nitrogens with zero attached hydrogens (tertiary/aromatic N) is 1. The van der Waals surface area contributed by atoms with Crippen molar-refractivity contribution in [2.45, 2.75) is 47.5 Å². The van der Waals surface area contributed by atoms with Crippen LogP contribution in [-0.4, -0.2) is 24.5 Å². The van der Waals surface area contributed by atoms with Crippen molar-refractivity contribution in [3.63, 3.8) is 0 Å². The molecule has 0 aliphatic carbocycles. The second-order valence-corrected chi connectivity index (χ2v) is 6.52. The fourth-order valence-corrected chi connectivity index (χ4v) is 2.47. The van der Waals surface area contributed by atoms with Gasteiger partial charge in [-0.15, -0.1) is 0 Å². The molecule has 0 saturated carbocycles. The van der Waals surface area contributed by atoms with Crippen LogP contribution in [0.25, 0.3) is 0 Å². The maximum Gasteiger partial charge on any atom is 0.000724 e. The SMILES string of the molecule is CC1CC(C)CN(CCC(C)(C)C)C1. The van der Waals surface area contributed by atoms with Crippen LogP contribution in [0.3, 0.4) is 0 Å². The zero-order chi connectivity index (χ0) is 10.8. The lowest BCUT2D eigenvalue weighted by Gasteiger charge is -2.36. The summed E-state index contributed by atoms with van der Waals surface area (Å²) >= 11 is 0. The molecule has 0 radical (unpaired) electrons. The summed E-state index contributed by atoms with van der Waals surface area (Å²) in [4.78, 5) is 2.66. The molecule has 1 heterocycles. The van der Waals surface area contributed by atoms with Crippen LogP contribution in [0.5, 0.6) is 0 Å². The minimum absolute atomic E-state index is 0.490. The van der Waals surface area contributed by atoms with E-state index in [4.69, 9.17) is 0 Å². The molecule has 0 bridgehead atoms. The molecule has 1 saturated heterocycles. The standard InChI is InChI=1S/C13H27N/c1-11-8-12(2)10-14(9-11)7-6-13(3,4)5/h11-12H,6-10H2,1-5H3. The van der Waals surface area contributed by atoms with Crippen LogP contribution in [-0.2, 0) is 0 Å². The van der Waals surface area contributed by atoms with E-state index in [2.05, 4.69) is 39.5 Å². The smallest absolute Gasteiger partial charge is 0.000724 e. The molecule has 0 spiro atoms. The second-order valence-electron chi connectivity index (χ2n) is 6.52. The molecule has 0 aromatic rings. The monoisotopic (exact) mass is 197 g/mol. The summed E-state index contributed by atoms with van der Waals surface area (Å²) in [5, 5.41) is 0. The topological polar surface area (TPSA) is 3.24 Å². The van der Waals surface area contributed by atoms with E-state index in [9.17, 15) is 0 Å². The Bertz CT molecular complexity index is 159. The van der Waals surface area contributed by atoms with Crippen LogP contribution >= 0.6 is 0 Å². The minimum atomic E-state index is 0.490. The van der Waals surface area contributed by atoms with E-state index in [1.807, 2.05) is 0 Å². The first kappa shape index (κ1) is 12.0. The van der Waals surface area contributed by atoms with Gasteiger partial charge in [-0.3, -0.25) is 0 Å². The van der Waals surface area contributed by atoms with Crippen LogP contribution in [0, 0.1) is 17.3 Å². The highest BCUT2D eigenvalue weighted by Crippen LogP contribution is 2.24. The van der Waals surface area contributed by atoms with E-state index in [1.54, 1.807) is 0 Å². The van der Waals surface area contributed by atoms with Gasteiger partial charge in [0.25, 0.3) is 0 Å². The summed E-state index contributed by atoms with van der Waals surface area (Å²) in [6.45, 7) is 15.7. The third-order valence-electron chi connectivity index (χ3n) is 3.12. The molecule has 0 N–H and O–H groups in total. The fourth-order valence-electron chi connectivity index (χ4n) is 2.47. The Morgan fingerprint density at radius 1 is 1.07 bits per heavy atom. The first-order valence-electron chi connectivity index (χ1n) is 6.09. The van der Waals surface area contributed by atoms with E-state index in [-0.39, 0.29) is 0 Å². The van der Waals surface area contributed by atoms with Gasteiger partial charge in [0, 0.05) is 13.1 Å². The molecule has 1 aliphatic rings. The van der Waals surface area contributed by atoms with Gasteiger partial charge in [-0.25, -0.2) is 0 Å². The van der Waals surface area contributed by atoms with E-state index in [1.165, 1.54) is 32.5 Å². The Morgan fingerprint density at radius 2 is 1.57 bits per heavy atom. The summed E-state index contributed by atoms with van der Waals surface area (Å²) < 4.78 is 0. The van der Waals surface area contributed by atoms with E-state index < -0.39 is 0 Å². The van der Waals surface area contributed by atoms with Gasteiger partial charge >= 0.3 is 0 Å². The van der Waals surface area contributed by atoms with Crippen molar-refractivity contribution in [3.05, 3.63) is 0 Å². The molecule has 0 aromatic carbocycles. The third-order valence-corrected chi connectivity index (χ3v) is 3.12. The molecule has 1 heteroatoms. The van der Waals surface area contributed by atoms with Gasteiger partial charge in [-0.05, 0) is 36.6 Å². The normalized spacial score (nSPS) is 30.6. The predicted molar refractivity (Wildman–Crippen MR) is 63.5 cm³/mol. The van der Waals surface area contributed by atoms with E-state index >= 15 is 0 Å². The first-order chi connectivity index (χ1) is 6.37. The van der Waals surface area contributed by atoms with Crippen LogP contribution in [0.15, 0.2) is 0 Å². The Hall–Kier alpha value is -0.0400. The van der Waals surface area contributed by atoms with Gasteiger partial charge in [0.15, 0.2) is 0 Å². The van der Waals surface area contributed by atoms with Gasteiger partial charge in [0.05, 0.1) is 0 Å². The summed E-state index contributed by atoms with van der Waals surface area (Å²) in [6.07, 6.45) is 2.75. The van der Waals surface area contributed by atoms with Gasteiger partial charge in [0.2, 0.25) is 0 Å². The molecule has 2 unspecified atom stereocenters. The Kier molecular flexibility index (Phi) is 4.00. The quantitative estimate of drug-likeness (QED) is 0.656. The van der Waals surface area contributed by atoms with Gasteiger partial charge in [0.1, 0.15) is 0 Å². The molecule has 14 heavy (non-hydrogen) atoms. The molecule has 1 aliphatic heterocycles. The van der Waals surface area contributed by atoms with Crippen molar-refractivity contribution in [2.24, 2.45) is 17.3 Å².